The lowest BCUT2D eigenvalue weighted by Crippen LogP contribution is -2.40. The van der Waals surface area contributed by atoms with Gasteiger partial charge in [-0.05, 0) is 39.8 Å². The molecule has 0 fully saturated rings. The smallest absolute Gasteiger partial charge is 0.341 e. The third kappa shape index (κ3) is 4.98. The van der Waals surface area contributed by atoms with E-state index in [0.717, 1.165) is 0 Å². The van der Waals surface area contributed by atoms with Crippen LogP contribution in [-0.4, -0.2) is 30.6 Å². The molecule has 0 radical (unpaired) electrons. The number of nitrogens with one attached hydrogen (secondary N) is 1. The van der Waals surface area contributed by atoms with Gasteiger partial charge in [0.1, 0.15) is 11.3 Å². The van der Waals surface area contributed by atoms with E-state index in [-0.39, 0.29) is 29.9 Å². The number of rotatable bonds is 6. The summed E-state index contributed by atoms with van der Waals surface area (Å²) in [6.07, 6.45) is -0.748. The Bertz CT molecular complexity index is 514. The fourth-order valence-corrected chi connectivity index (χ4v) is 1.66. The fraction of sp³-hybridized carbons (Fsp3) is 0.467. The van der Waals surface area contributed by atoms with Crippen LogP contribution >= 0.6 is 0 Å². The molecule has 0 aliphatic heterocycles. The van der Waals surface area contributed by atoms with Gasteiger partial charge in [-0.1, -0.05) is 0 Å². The molecular weight excluding hydrogens is 272 g/mol. The number of hydrogen-bond acceptors (Lipinski definition) is 5. The van der Waals surface area contributed by atoms with Crippen molar-refractivity contribution in [1.29, 1.82) is 0 Å². The molecule has 1 unspecified atom stereocenters. The summed E-state index contributed by atoms with van der Waals surface area (Å²) in [6, 6.07) is 4.62. The van der Waals surface area contributed by atoms with Crippen LogP contribution in [0.5, 0.6) is 5.75 Å². The molecule has 0 aromatic heterocycles. The van der Waals surface area contributed by atoms with Crippen molar-refractivity contribution in [3.63, 3.8) is 0 Å². The normalized spacial score (nSPS) is 11.9. The minimum absolute atomic E-state index is 0.00826. The topological polar surface area (TPSA) is 90.7 Å². The van der Waals surface area contributed by atoms with Gasteiger partial charge in [0, 0.05) is 17.8 Å². The van der Waals surface area contributed by atoms with Crippen LogP contribution in [0.4, 0.5) is 5.69 Å². The first-order valence-corrected chi connectivity index (χ1v) is 6.88. The van der Waals surface area contributed by atoms with Gasteiger partial charge in [-0.2, -0.15) is 0 Å². The van der Waals surface area contributed by atoms with Crippen LogP contribution in [0.3, 0.4) is 0 Å². The maximum atomic E-state index is 11.9. The van der Waals surface area contributed by atoms with Crippen LogP contribution in [-0.2, 0) is 9.53 Å². The molecule has 6 heteroatoms. The SMILES string of the molecule is CCOC(=O)c1ccc(N)cc1OC(C)C(=O)NC(C)C. The predicted octanol–water partition coefficient (Wildman–Crippen LogP) is 1.74. The summed E-state index contributed by atoms with van der Waals surface area (Å²) in [7, 11) is 0. The number of nitrogens with two attached hydrogens (primary N) is 1. The molecule has 3 N–H and O–H groups in total. The van der Waals surface area contributed by atoms with Crippen molar-refractivity contribution < 1.29 is 19.1 Å². The second-order valence-corrected chi connectivity index (χ2v) is 4.90. The fourth-order valence-electron chi connectivity index (χ4n) is 1.66. The van der Waals surface area contributed by atoms with Gasteiger partial charge in [0.2, 0.25) is 0 Å². The van der Waals surface area contributed by atoms with Gasteiger partial charge in [0.15, 0.2) is 6.10 Å². The Kier molecular flexibility index (Phi) is 6.02. The van der Waals surface area contributed by atoms with Crippen molar-refractivity contribution >= 4 is 17.6 Å². The van der Waals surface area contributed by atoms with Crippen molar-refractivity contribution in [3.8, 4) is 5.75 Å². The van der Waals surface area contributed by atoms with Crippen molar-refractivity contribution in [1.82, 2.24) is 5.32 Å². The molecule has 1 rings (SSSR count). The molecular formula is C15H22N2O4. The number of ether oxygens (including phenoxy) is 2. The molecule has 0 aliphatic rings. The number of benzene rings is 1. The molecule has 6 nitrogen and oxygen atoms in total. The lowest BCUT2D eigenvalue weighted by Gasteiger charge is -2.18. The van der Waals surface area contributed by atoms with E-state index in [1.165, 1.54) is 12.1 Å². The summed E-state index contributed by atoms with van der Waals surface area (Å²) in [4.78, 5) is 23.7. The number of carbonyl (C=O) groups is 2. The van der Waals surface area contributed by atoms with Gasteiger partial charge in [-0.25, -0.2) is 4.79 Å². The van der Waals surface area contributed by atoms with Crippen LogP contribution in [0.2, 0.25) is 0 Å². The van der Waals surface area contributed by atoms with E-state index in [0.29, 0.717) is 5.69 Å². The molecule has 1 amide bonds. The number of esters is 1. The quantitative estimate of drug-likeness (QED) is 0.616. The third-order valence-electron chi connectivity index (χ3n) is 2.60. The monoisotopic (exact) mass is 294 g/mol. The molecule has 0 saturated heterocycles. The molecule has 0 bridgehead atoms. The Hall–Kier alpha value is -2.24. The van der Waals surface area contributed by atoms with E-state index in [4.69, 9.17) is 15.2 Å². The zero-order valence-corrected chi connectivity index (χ0v) is 12.8. The Morgan fingerprint density at radius 1 is 1.29 bits per heavy atom. The highest BCUT2D eigenvalue weighted by Crippen LogP contribution is 2.24. The second-order valence-electron chi connectivity index (χ2n) is 4.90. The van der Waals surface area contributed by atoms with Crippen molar-refractivity contribution in [3.05, 3.63) is 23.8 Å². The number of hydrogen-bond donors (Lipinski definition) is 2. The summed E-state index contributed by atoms with van der Waals surface area (Å²) in [5, 5.41) is 2.74. The average molecular weight is 294 g/mol. The molecule has 0 saturated carbocycles. The third-order valence-corrected chi connectivity index (χ3v) is 2.60. The van der Waals surface area contributed by atoms with E-state index in [1.54, 1.807) is 19.9 Å². The Balaban J connectivity index is 2.93. The minimum atomic E-state index is -0.748. The second kappa shape index (κ2) is 7.52. The van der Waals surface area contributed by atoms with Crippen LogP contribution in [0.25, 0.3) is 0 Å². The lowest BCUT2D eigenvalue weighted by molar-refractivity contribution is -0.127. The van der Waals surface area contributed by atoms with Gasteiger partial charge < -0.3 is 20.5 Å². The average Bonchev–Trinajstić information content (AvgIpc) is 2.38. The van der Waals surface area contributed by atoms with E-state index in [9.17, 15) is 9.59 Å². The predicted molar refractivity (Wildman–Crippen MR) is 80.2 cm³/mol. The standard InChI is InChI=1S/C15H22N2O4/c1-5-20-15(19)12-7-6-11(16)8-13(12)21-10(4)14(18)17-9(2)3/h6-10H,5,16H2,1-4H3,(H,17,18). The summed E-state index contributed by atoms with van der Waals surface area (Å²) in [6.45, 7) is 7.29. The number of nitrogen functional groups attached to an aromatic ring is 1. The molecule has 0 spiro atoms. The highest BCUT2D eigenvalue weighted by atomic mass is 16.5. The zero-order valence-electron chi connectivity index (χ0n) is 12.8. The Morgan fingerprint density at radius 2 is 1.95 bits per heavy atom. The van der Waals surface area contributed by atoms with Crippen molar-refractivity contribution in [2.24, 2.45) is 0 Å². The summed E-state index contributed by atoms with van der Waals surface area (Å²) >= 11 is 0. The first-order chi connectivity index (χ1) is 9.85. The van der Waals surface area contributed by atoms with Crippen LogP contribution < -0.4 is 15.8 Å². The number of amides is 1. The highest BCUT2D eigenvalue weighted by molar-refractivity contribution is 5.93. The van der Waals surface area contributed by atoms with E-state index < -0.39 is 12.1 Å². The summed E-state index contributed by atoms with van der Waals surface area (Å²) in [5.74, 6) is -0.536. The first kappa shape index (κ1) is 16.8. The Morgan fingerprint density at radius 3 is 2.52 bits per heavy atom. The van der Waals surface area contributed by atoms with Crippen LogP contribution in [0, 0.1) is 0 Å². The molecule has 1 aromatic carbocycles. The molecule has 116 valence electrons. The molecule has 0 heterocycles. The number of anilines is 1. The largest absolute Gasteiger partial charge is 0.480 e. The minimum Gasteiger partial charge on any atom is -0.480 e. The van der Waals surface area contributed by atoms with Crippen molar-refractivity contribution in [2.45, 2.75) is 39.8 Å². The van der Waals surface area contributed by atoms with Gasteiger partial charge in [-0.15, -0.1) is 0 Å². The molecule has 1 atom stereocenters. The van der Waals surface area contributed by atoms with E-state index >= 15 is 0 Å². The lowest BCUT2D eigenvalue weighted by atomic mass is 10.2. The van der Waals surface area contributed by atoms with Gasteiger partial charge in [0.25, 0.3) is 5.91 Å². The zero-order chi connectivity index (χ0) is 16.0. The summed E-state index contributed by atoms with van der Waals surface area (Å²) in [5.41, 5.74) is 6.39. The first-order valence-electron chi connectivity index (χ1n) is 6.88. The van der Waals surface area contributed by atoms with Crippen LogP contribution in [0.15, 0.2) is 18.2 Å². The highest BCUT2D eigenvalue weighted by Gasteiger charge is 2.20. The van der Waals surface area contributed by atoms with Gasteiger partial charge in [0.05, 0.1) is 6.61 Å². The maximum Gasteiger partial charge on any atom is 0.341 e. The van der Waals surface area contributed by atoms with Crippen molar-refractivity contribution in [2.75, 3.05) is 12.3 Å². The van der Waals surface area contributed by atoms with Gasteiger partial charge >= 0.3 is 5.97 Å². The van der Waals surface area contributed by atoms with E-state index in [2.05, 4.69) is 5.32 Å². The van der Waals surface area contributed by atoms with Crippen LogP contribution in [0.1, 0.15) is 38.1 Å². The number of carbonyl (C=O) groups excluding carboxylic acids is 2. The Labute approximate surface area is 124 Å². The molecule has 21 heavy (non-hydrogen) atoms. The van der Waals surface area contributed by atoms with Gasteiger partial charge in [-0.3, -0.25) is 4.79 Å². The van der Waals surface area contributed by atoms with E-state index in [1.807, 2.05) is 13.8 Å². The molecule has 1 aromatic rings. The summed E-state index contributed by atoms with van der Waals surface area (Å²) < 4.78 is 10.5. The maximum absolute atomic E-state index is 11.9. The molecule has 0 aliphatic carbocycles.